The molecule has 5 aromatic carbocycles. The second-order valence-electron chi connectivity index (χ2n) is 17.3. The first-order valence-electron chi connectivity index (χ1n) is 21.4. The highest BCUT2D eigenvalue weighted by Crippen LogP contribution is 2.14. The van der Waals surface area contributed by atoms with E-state index in [2.05, 4.69) is 42.5 Å². The molecular weight excluding hydrogens is 841 g/mol. The van der Waals surface area contributed by atoms with Crippen LogP contribution in [0.3, 0.4) is 0 Å². The fraction of sp³-hybridized carbons (Fsp3) is 0.280. The molecule has 5 aromatic rings. The minimum atomic E-state index is -0.572. The van der Waals surface area contributed by atoms with Crippen LogP contribution in [0.4, 0.5) is 30.6 Å². The molecule has 0 unspecified atom stereocenters. The fourth-order valence-corrected chi connectivity index (χ4v) is 6.00. The van der Waals surface area contributed by atoms with E-state index in [1.165, 1.54) is 0 Å². The van der Waals surface area contributed by atoms with Crippen molar-refractivity contribution >= 4 is 47.4 Å². The Morgan fingerprint density at radius 3 is 0.864 bits per heavy atom. The molecule has 346 valence electrons. The van der Waals surface area contributed by atoms with Gasteiger partial charge in [0.15, 0.2) is 0 Å². The topological polar surface area (TPSA) is 217 Å². The number of hydrogen-bond acceptors (Lipinski definition) is 8. The summed E-state index contributed by atoms with van der Waals surface area (Å²) in [6.07, 6.45) is -0.975. The number of urea groups is 2. The highest BCUT2D eigenvalue weighted by Gasteiger charge is 2.17. The maximum Gasteiger partial charge on any atom is 0.407 e. The normalized spacial score (nSPS) is 11.0. The number of ether oxygens (including phenoxy) is 2. The molecule has 8 N–H and O–H groups in total. The zero-order valence-electron chi connectivity index (χ0n) is 38.1. The SMILES string of the molecule is CC(C)(C)OC(=O)NCc1ccc(CNC(=O)Nc2ccc(CNC(=O)c3ccc(C(=O)NCc4ccc(NC(=O)NCc5ccc(CNC(=O)OC(C)(C)C)cc5)cc4)cc3)cc2)cc1. The first-order valence-corrected chi connectivity index (χ1v) is 21.4. The van der Waals surface area contributed by atoms with Gasteiger partial charge in [0.2, 0.25) is 0 Å². The van der Waals surface area contributed by atoms with E-state index in [0.717, 1.165) is 33.4 Å². The second kappa shape index (κ2) is 23.2. The largest absolute Gasteiger partial charge is 0.444 e. The Kier molecular flexibility index (Phi) is 17.2. The fourth-order valence-electron chi connectivity index (χ4n) is 6.00. The molecule has 0 aliphatic carbocycles. The second-order valence-corrected chi connectivity index (χ2v) is 17.3. The maximum absolute atomic E-state index is 12.9. The van der Waals surface area contributed by atoms with Crippen molar-refractivity contribution in [3.05, 3.63) is 166 Å². The Hall–Kier alpha value is -7.88. The van der Waals surface area contributed by atoms with Gasteiger partial charge in [0.05, 0.1) is 0 Å². The van der Waals surface area contributed by atoms with E-state index in [1.54, 1.807) is 114 Å². The van der Waals surface area contributed by atoms with Crippen molar-refractivity contribution in [2.24, 2.45) is 0 Å². The lowest BCUT2D eigenvalue weighted by molar-refractivity contribution is 0.0512. The van der Waals surface area contributed by atoms with Crippen molar-refractivity contribution in [1.29, 1.82) is 0 Å². The van der Waals surface area contributed by atoms with Crippen molar-refractivity contribution < 1.29 is 38.2 Å². The molecule has 0 atom stereocenters. The lowest BCUT2D eigenvalue weighted by atomic mass is 10.1. The molecule has 66 heavy (non-hydrogen) atoms. The van der Waals surface area contributed by atoms with Gasteiger partial charge in [-0.1, -0.05) is 72.8 Å². The lowest BCUT2D eigenvalue weighted by Crippen LogP contribution is -2.32. The third kappa shape index (κ3) is 17.7. The van der Waals surface area contributed by atoms with Gasteiger partial charge in [-0.25, -0.2) is 19.2 Å². The molecule has 0 radical (unpaired) electrons. The monoisotopic (exact) mass is 898 g/mol. The van der Waals surface area contributed by atoms with Crippen LogP contribution in [0.5, 0.6) is 0 Å². The minimum Gasteiger partial charge on any atom is -0.444 e. The van der Waals surface area contributed by atoms with E-state index in [-0.39, 0.29) is 37.0 Å². The number of hydrogen-bond donors (Lipinski definition) is 8. The number of carbonyl (C=O) groups is 6. The summed E-state index contributed by atoms with van der Waals surface area (Å²) in [5, 5.41) is 22.4. The highest BCUT2D eigenvalue weighted by atomic mass is 16.6. The Labute approximate surface area is 385 Å². The molecular formula is C50H58N8O8. The van der Waals surface area contributed by atoms with Crippen molar-refractivity contribution in [3.63, 3.8) is 0 Å². The van der Waals surface area contributed by atoms with Crippen LogP contribution in [-0.4, -0.2) is 47.3 Å². The number of anilines is 2. The van der Waals surface area contributed by atoms with Gasteiger partial charge in [-0.05, 0) is 123 Å². The molecule has 0 aliphatic heterocycles. The number of carbonyl (C=O) groups excluding carboxylic acids is 6. The summed E-state index contributed by atoms with van der Waals surface area (Å²) < 4.78 is 10.5. The molecule has 0 bridgehead atoms. The Morgan fingerprint density at radius 1 is 0.348 bits per heavy atom. The van der Waals surface area contributed by atoms with Crippen LogP contribution in [0.25, 0.3) is 0 Å². The third-order valence-electron chi connectivity index (χ3n) is 9.36. The van der Waals surface area contributed by atoms with Gasteiger partial charge in [-0.3, -0.25) is 9.59 Å². The van der Waals surface area contributed by atoms with Crippen LogP contribution in [0.2, 0.25) is 0 Å². The van der Waals surface area contributed by atoms with Crippen molar-refractivity contribution in [3.8, 4) is 0 Å². The number of alkyl carbamates (subject to hydrolysis) is 2. The predicted molar refractivity (Wildman–Crippen MR) is 252 cm³/mol. The number of rotatable bonds is 16. The molecule has 0 spiro atoms. The van der Waals surface area contributed by atoms with E-state index in [4.69, 9.17) is 9.47 Å². The summed E-state index contributed by atoms with van der Waals surface area (Å²) in [7, 11) is 0. The van der Waals surface area contributed by atoms with E-state index in [9.17, 15) is 28.8 Å². The van der Waals surface area contributed by atoms with Gasteiger partial charge in [0.1, 0.15) is 11.2 Å². The molecule has 0 saturated carbocycles. The Bertz CT molecular complexity index is 2250. The van der Waals surface area contributed by atoms with Gasteiger partial charge in [0, 0.05) is 61.8 Å². The molecule has 0 heterocycles. The summed E-state index contributed by atoms with van der Waals surface area (Å²) in [6, 6.07) is 34.7. The first kappa shape index (κ1) is 49.1. The summed E-state index contributed by atoms with van der Waals surface area (Å²) in [5.74, 6) is -0.614. The number of amides is 8. The van der Waals surface area contributed by atoms with Crippen LogP contribution < -0.4 is 42.5 Å². The van der Waals surface area contributed by atoms with Gasteiger partial charge < -0.3 is 52.0 Å². The van der Waals surface area contributed by atoms with Crippen molar-refractivity contribution in [1.82, 2.24) is 31.9 Å². The smallest absolute Gasteiger partial charge is 0.407 e. The highest BCUT2D eigenvalue weighted by molar-refractivity contribution is 5.98. The van der Waals surface area contributed by atoms with Crippen LogP contribution in [0.15, 0.2) is 121 Å². The Morgan fingerprint density at radius 2 is 0.591 bits per heavy atom. The van der Waals surface area contributed by atoms with E-state index >= 15 is 0 Å². The van der Waals surface area contributed by atoms with Gasteiger partial charge in [0.25, 0.3) is 11.8 Å². The quantitative estimate of drug-likeness (QED) is 0.0481. The summed E-state index contributed by atoms with van der Waals surface area (Å²) in [6.45, 7) is 12.6. The van der Waals surface area contributed by atoms with E-state index in [1.807, 2.05) is 48.5 Å². The van der Waals surface area contributed by atoms with Crippen LogP contribution in [-0.2, 0) is 48.7 Å². The molecule has 8 amide bonds. The minimum absolute atomic E-state index is 0.253. The molecule has 5 rings (SSSR count). The zero-order valence-corrected chi connectivity index (χ0v) is 38.1. The lowest BCUT2D eigenvalue weighted by Gasteiger charge is -2.19. The molecule has 0 aliphatic rings. The molecule has 0 fully saturated rings. The van der Waals surface area contributed by atoms with Gasteiger partial charge in [-0.2, -0.15) is 0 Å². The Balaban J connectivity index is 0.954. The van der Waals surface area contributed by atoms with E-state index < -0.39 is 23.4 Å². The number of nitrogens with one attached hydrogen (secondary N) is 8. The molecule has 16 nitrogen and oxygen atoms in total. The first-order chi connectivity index (χ1) is 31.4. The predicted octanol–water partition coefficient (Wildman–Crippen LogP) is 8.24. The van der Waals surface area contributed by atoms with Crippen LogP contribution in [0, 0.1) is 0 Å². The van der Waals surface area contributed by atoms with Crippen LogP contribution >= 0.6 is 0 Å². The van der Waals surface area contributed by atoms with Crippen molar-refractivity contribution in [2.75, 3.05) is 10.6 Å². The molecule has 0 saturated heterocycles. The standard InChI is InChI=1S/C50H58N8O8/c1-49(2,3)65-47(63)55-31-35-11-7-33(8-12-35)29-53-45(61)57-41-23-15-37(16-24-41)27-51-43(59)39-19-21-40(22-20-39)44(60)52-28-38-17-25-42(26-18-38)58-46(62)54-30-34-9-13-36(14-10-34)32-56-48(64)66-50(4,5)6/h7-26H,27-32H2,1-6H3,(H,51,59)(H,52,60)(H,55,63)(H,56,64)(H2,53,57,61)(H2,54,58,62). The number of benzene rings is 5. The van der Waals surface area contributed by atoms with Gasteiger partial charge in [-0.15, -0.1) is 0 Å². The zero-order chi connectivity index (χ0) is 47.7. The molecule has 16 heteroatoms. The summed E-state index contributed by atoms with van der Waals surface area (Å²) in [4.78, 5) is 74.5. The van der Waals surface area contributed by atoms with Gasteiger partial charge >= 0.3 is 24.2 Å². The maximum atomic E-state index is 12.9. The average molecular weight is 899 g/mol. The van der Waals surface area contributed by atoms with E-state index in [0.29, 0.717) is 48.7 Å². The van der Waals surface area contributed by atoms with Crippen LogP contribution in [0.1, 0.15) is 95.6 Å². The summed E-state index contributed by atoms with van der Waals surface area (Å²) in [5.41, 5.74) is 6.02. The summed E-state index contributed by atoms with van der Waals surface area (Å²) >= 11 is 0. The average Bonchev–Trinajstić information content (AvgIpc) is 3.27. The third-order valence-corrected chi connectivity index (χ3v) is 9.36. The molecule has 0 aromatic heterocycles. The van der Waals surface area contributed by atoms with Crippen molar-refractivity contribution in [2.45, 2.75) is 92.0 Å².